The van der Waals surface area contributed by atoms with Crippen molar-refractivity contribution < 1.29 is 4.74 Å². The van der Waals surface area contributed by atoms with Crippen molar-refractivity contribution in [1.82, 2.24) is 0 Å². The fourth-order valence-electron chi connectivity index (χ4n) is 1.67. The first-order chi connectivity index (χ1) is 9.10. The van der Waals surface area contributed by atoms with Gasteiger partial charge in [0.25, 0.3) is 0 Å². The third kappa shape index (κ3) is 3.72. The zero-order valence-corrected chi connectivity index (χ0v) is 12.6. The summed E-state index contributed by atoms with van der Waals surface area (Å²) in [6, 6.07) is 11.1. The van der Waals surface area contributed by atoms with Crippen molar-refractivity contribution in [3.05, 3.63) is 52.0 Å². The molecule has 0 aromatic heterocycles. The highest BCUT2D eigenvalue weighted by atomic mass is 35.5. The number of anilines is 1. The molecule has 100 valence electrons. The maximum Gasteiger partial charge on any atom is 0.123 e. The second kappa shape index (κ2) is 6.42. The lowest BCUT2D eigenvalue weighted by Crippen LogP contribution is -1.92. The van der Waals surface area contributed by atoms with Crippen LogP contribution in [0.2, 0.25) is 10.0 Å². The Kier molecular flexibility index (Phi) is 4.86. The molecule has 2 nitrogen and oxygen atoms in total. The van der Waals surface area contributed by atoms with Gasteiger partial charge in [-0.15, -0.1) is 11.8 Å². The van der Waals surface area contributed by atoms with E-state index in [-0.39, 0.29) is 0 Å². The van der Waals surface area contributed by atoms with Crippen LogP contribution in [0.5, 0.6) is 5.75 Å². The molecule has 0 spiro atoms. The van der Waals surface area contributed by atoms with Gasteiger partial charge >= 0.3 is 0 Å². The van der Waals surface area contributed by atoms with Gasteiger partial charge in [-0.1, -0.05) is 23.2 Å². The number of hydrogen-bond donors (Lipinski definition) is 1. The van der Waals surface area contributed by atoms with Crippen LogP contribution < -0.4 is 10.5 Å². The Labute approximate surface area is 126 Å². The summed E-state index contributed by atoms with van der Waals surface area (Å²) >= 11 is 13.5. The van der Waals surface area contributed by atoms with Crippen LogP contribution in [0, 0.1) is 0 Å². The smallest absolute Gasteiger partial charge is 0.123 e. The van der Waals surface area contributed by atoms with E-state index in [9.17, 15) is 0 Å². The van der Waals surface area contributed by atoms with Gasteiger partial charge in [-0.2, -0.15) is 0 Å². The van der Waals surface area contributed by atoms with E-state index in [4.69, 9.17) is 33.7 Å². The number of hydrogen-bond acceptors (Lipinski definition) is 3. The van der Waals surface area contributed by atoms with E-state index < -0.39 is 0 Å². The van der Waals surface area contributed by atoms with Gasteiger partial charge in [-0.25, -0.2) is 0 Å². The van der Waals surface area contributed by atoms with E-state index in [1.165, 1.54) is 0 Å². The first-order valence-corrected chi connectivity index (χ1v) is 7.34. The number of benzene rings is 2. The molecule has 2 aromatic carbocycles. The third-order valence-corrected chi connectivity index (χ3v) is 4.21. The zero-order valence-electron chi connectivity index (χ0n) is 10.3. The molecule has 0 heterocycles. The summed E-state index contributed by atoms with van der Waals surface area (Å²) < 4.78 is 5.31. The van der Waals surface area contributed by atoms with Gasteiger partial charge in [0.1, 0.15) is 5.75 Å². The highest BCUT2D eigenvalue weighted by molar-refractivity contribution is 7.98. The lowest BCUT2D eigenvalue weighted by Gasteiger charge is -2.10. The molecule has 2 aromatic rings. The van der Waals surface area contributed by atoms with E-state index in [0.29, 0.717) is 15.7 Å². The zero-order chi connectivity index (χ0) is 13.8. The molecule has 0 aliphatic rings. The molecule has 0 aliphatic carbocycles. The molecule has 0 aliphatic heterocycles. The number of ether oxygens (including phenoxy) is 1. The van der Waals surface area contributed by atoms with Gasteiger partial charge < -0.3 is 10.5 Å². The van der Waals surface area contributed by atoms with Crippen LogP contribution >= 0.6 is 35.0 Å². The van der Waals surface area contributed by atoms with E-state index in [1.54, 1.807) is 24.9 Å². The van der Waals surface area contributed by atoms with Crippen LogP contribution in [0.3, 0.4) is 0 Å². The summed E-state index contributed by atoms with van der Waals surface area (Å²) in [7, 11) is 1.65. The standard InChI is InChI=1S/C14H13Cl2NOS/c1-18-13-4-2-10(15)6-9(13)8-19-14-5-3-11(16)7-12(14)17/h2-7H,8,17H2,1H3. The Hall–Kier alpha value is -1.03. The van der Waals surface area contributed by atoms with Crippen molar-refractivity contribution >= 4 is 40.7 Å². The first kappa shape index (κ1) is 14.4. The van der Waals surface area contributed by atoms with Gasteiger partial charge in [0, 0.05) is 31.9 Å². The highest BCUT2D eigenvalue weighted by Gasteiger charge is 2.07. The minimum absolute atomic E-state index is 0.641. The monoisotopic (exact) mass is 313 g/mol. The summed E-state index contributed by atoms with van der Waals surface area (Å²) in [6.07, 6.45) is 0. The molecule has 0 bridgehead atoms. The van der Waals surface area contributed by atoms with Crippen LogP contribution in [0.4, 0.5) is 5.69 Å². The summed E-state index contributed by atoms with van der Waals surface area (Å²) in [5, 5.41) is 1.34. The number of thioether (sulfide) groups is 1. The fraction of sp³-hybridized carbons (Fsp3) is 0.143. The molecular formula is C14H13Cl2NOS. The van der Waals surface area contributed by atoms with Crippen LogP contribution in [0.15, 0.2) is 41.3 Å². The Morgan fingerprint density at radius 3 is 2.47 bits per heavy atom. The van der Waals surface area contributed by atoms with Crippen molar-refractivity contribution in [2.45, 2.75) is 10.6 Å². The Balaban J connectivity index is 2.16. The molecular weight excluding hydrogens is 301 g/mol. The second-order valence-electron chi connectivity index (χ2n) is 3.93. The number of halogens is 2. The Morgan fingerprint density at radius 1 is 1.11 bits per heavy atom. The van der Waals surface area contributed by atoms with Crippen LogP contribution in [0.1, 0.15) is 5.56 Å². The topological polar surface area (TPSA) is 35.2 Å². The molecule has 2 N–H and O–H groups in total. The van der Waals surface area contributed by atoms with Crippen molar-refractivity contribution in [3.8, 4) is 5.75 Å². The molecule has 0 atom stereocenters. The average molecular weight is 314 g/mol. The van der Waals surface area contributed by atoms with Crippen molar-refractivity contribution in [2.75, 3.05) is 12.8 Å². The Morgan fingerprint density at radius 2 is 1.79 bits per heavy atom. The van der Waals surface area contributed by atoms with Gasteiger partial charge in [-0.3, -0.25) is 0 Å². The number of rotatable bonds is 4. The van der Waals surface area contributed by atoms with Crippen molar-refractivity contribution in [1.29, 1.82) is 0 Å². The van der Waals surface area contributed by atoms with Gasteiger partial charge in [0.05, 0.1) is 7.11 Å². The van der Waals surface area contributed by atoms with E-state index in [2.05, 4.69) is 0 Å². The number of nitrogen functional groups attached to an aromatic ring is 1. The van der Waals surface area contributed by atoms with Gasteiger partial charge in [0.15, 0.2) is 0 Å². The lowest BCUT2D eigenvalue weighted by molar-refractivity contribution is 0.411. The molecule has 5 heteroatoms. The number of methoxy groups -OCH3 is 1. The molecule has 19 heavy (non-hydrogen) atoms. The SMILES string of the molecule is COc1ccc(Cl)cc1CSc1ccc(Cl)cc1N. The van der Waals surface area contributed by atoms with Crippen LogP contribution in [-0.4, -0.2) is 7.11 Å². The van der Waals surface area contributed by atoms with Crippen LogP contribution in [0.25, 0.3) is 0 Å². The molecule has 0 saturated carbocycles. The summed E-state index contributed by atoms with van der Waals surface area (Å²) in [5.74, 6) is 1.56. The molecule has 0 amide bonds. The van der Waals surface area contributed by atoms with E-state index in [0.717, 1.165) is 22.0 Å². The second-order valence-corrected chi connectivity index (χ2v) is 5.82. The summed E-state index contributed by atoms with van der Waals surface area (Å²) in [6.45, 7) is 0. The minimum atomic E-state index is 0.641. The Bertz CT molecular complexity index is 590. The minimum Gasteiger partial charge on any atom is -0.496 e. The third-order valence-electron chi connectivity index (χ3n) is 2.60. The van der Waals surface area contributed by atoms with Crippen molar-refractivity contribution in [2.24, 2.45) is 0 Å². The lowest BCUT2D eigenvalue weighted by atomic mass is 10.2. The van der Waals surface area contributed by atoms with Crippen molar-refractivity contribution in [3.63, 3.8) is 0 Å². The summed E-state index contributed by atoms with van der Waals surface area (Å²) in [5.41, 5.74) is 7.64. The van der Waals surface area contributed by atoms with Crippen LogP contribution in [-0.2, 0) is 5.75 Å². The number of nitrogens with two attached hydrogens (primary N) is 1. The quantitative estimate of drug-likeness (QED) is 0.645. The molecule has 0 radical (unpaired) electrons. The largest absolute Gasteiger partial charge is 0.496 e. The summed E-state index contributed by atoms with van der Waals surface area (Å²) in [4.78, 5) is 0.992. The predicted molar refractivity (Wildman–Crippen MR) is 83.4 cm³/mol. The average Bonchev–Trinajstić information content (AvgIpc) is 2.38. The fourth-order valence-corrected chi connectivity index (χ4v) is 2.97. The maximum absolute atomic E-state index is 6.00. The molecule has 2 rings (SSSR count). The van der Waals surface area contributed by atoms with E-state index in [1.807, 2.05) is 30.3 Å². The normalized spacial score (nSPS) is 10.5. The maximum atomic E-state index is 6.00. The van der Waals surface area contributed by atoms with Gasteiger partial charge in [-0.05, 0) is 36.4 Å². The van der Waals surface area contributed by atoms with E-state index >= 15 is 0 Å². The predicted octanol–water partition coefficient (Wildman–Crippen LogP) is 4.88. The molecule has 0 unspecified atom stereocenters. The highest BCUT2D eigenvalue weighted by Crippen LogP contribution is 2.33. The molecule has 0 fully saturated rings. The first-order valence-electron chi connectivity index (χ1n) is 5.60. The van der Waals surface area contributed by atoms with Gasteiger partial charge in [0.2, 0.25) is 0 Å². The molecule has 0 saturated heterocycles.